The number of para-hydroxylation sites is 2. The molecule has 10 nitrogen and oxygen atoms in total. The first kappa shape index (κ1) is 28.7. The van der Waals surface area contributed by atoms with Gasteiger partial charge in [0.05, 0.1) is 29.6 Å². The summed E-state index contributed by atoms with van der Waals surface area (Å²) in [5.74, 6) is 2.55. The highest BCUT2D eigenvalue weighted by atomic mass is 32.2. The van der Waals surface area contributed by atoms with E-state index in [9.17, 15) is 4.79 Å². The van der Waals surface area contributed by atoms with Crippen molar-refractivity contribution in [3.8, 4) is 5.95 Å². The molecule has 2 saturated heterocycles. The minimum Gasteiger partial charge on any atom is -0.445 e. The zero-order valence-electron chi connectivity index (χ0n) is 25.2. The van der Waals surface area contributed by atoms with E-state index in [1.807, 2.05) is 53.4 Å². The first-order chi connectivity index (χ1) is 21.6. The Hall–Kier alpha value is -4.09. The van der Waals surface area contributed by atoms with E-state index < -0.39 is 0 Å². The number of benzene rings is 2. The standard InChI is InChI=1S/C33H37N7O3S/c1-3-27-34-25-11-7-8-12-26(25)40(27)32-35-30(38-17-19-42-20-18-38)29-31(36-32)44-28(37(29)2)21-23-13-15-39(16-14-23)33(41)43-22-24-9-5-4-6-10-24/h4-12,21,28H,3,13-20,22H2,1-2H3. The maximum absolute atomic E-state index is 12.7. The first-order valence-corrected chi connectivity index (χ1v) is 16.2. The molecule has 1 amide bonds. The number of amides is 1. The minimum absolute atomic E-state index is 0.0890. The molecule has 11 heteroatoms. The van der Waals surface area contributed by atoms with Gasteiger partial charge >= 0.3 is 6.09 Å². The lowest BCUT2D eigenvalue weighted by Gasteiger charge is -2.31. The Balaban J connectivity index is 1.12. The first-order valence-electron chi connectivity index (χ1n) is 15.3. The molecule has 0 spiro atoms. The summed E-state index contributed by atoms with van der Waals surface area (Å²) in [6, 6.07) is 18.0. The lowest BCUT2D eigenvalue weighted by atomic mass is 10.0. The van der Waals surface area contributed by atoms with Crippen LogP contribution in [0.1, 0.15) is 31.2 Å². The van der Waals surface area contributed by atoms with Gasteiger partial charge < -0.3 is 24.2 Å². The van der Waals surface area contributed by atoms with Gasteiger partial charge in [0.1, 0.15) is 23.1 Å². The number of carbonyl (C=O) groups excluding carboxylic acids is 1. The third-order valence-electron chi connectivity index (χ3n) is 8.49. The van der Waals surface area contributed by atoms with Crippen LogP contribution >= 0.6 is 11.8 Å². The number of morpholine rings is 1. The summed E-state index contributed by atoms with van der Waals surface area (Å²) in [6.07, 6.45) is 4.54. The van der Waals surface area contributed by atoms with Crippen molar-refractivity contribution in [1.29, 1.82) is 0 Å². The number of nitrogens with zero attached hydrogens (tertiary/aromatic N) is 7. The van der Waals surface area contributed by atoms with Crippen molar-refractivity contribution in [2.45, 2.75) is 43.2 Å². The number of likely N-dealkylation sites (N-methyl/N-ethyl adjacent to an activating group) is 1. The number of rotatable bonds is 6. The summed E-state index contributed by atoms with van der Waals surface area (Å²) >= 11 is 1.76. The van der Waals surface area contributed by atoms with Gasteiger partial charge in [0.15, 0.2) is 5.82 Å². The molecule has 0 saturated carbocycles. The van der Waals surface area contributed by atoms with Crippen molar-refractivity contribution in [2.24, 2.45) is 0 Å². The van der Waals surface area contributed by atoms with E-state index >= 15 is 0 Å². The Kier molecular flexibility index (Phi) is 8.14. The molecule has 2 aromatic heterocycles. The zero-order chi connectivity index (χ0) is 30.0. The average molecular weight is 612 g/mol. The fourth-order valence-corrected chi connectivity index (χ4v) is 7.29. The number of aryl methyl sites for hydroxylation is 1. The van der Waals surface area contributed by atoms with E-state index in [2.05, 4.69) is 40.5 Å². The smallest absolute Gasteiger partial charge is 0.410 e. The largest absolute Gasteiger partial charge is 0.445 e. The average Bonchev–Trinajstić information content (AvgIpc) is 3.61. The summed E-state index contributed by atoms with van der Waals surface area (Å²) in [4.78, 5) is 34.4. The molecule has 228 valence electrons. The van der Waals surface area contributed by atoms with Gasteiger partial charge in [-0.05, 0) is 30.5 Å². The van der Waals surface area contributed by atoms with Gasteiger partial charge in [0.25, 0.3) is 0 Å². The molecule has 0 aliphatic carbocycles. The number of piperidine rings is 1. The maximum atomic E-state index is 12.7. The lowest BCUT2D eigenvalue weighted by Crippen LogP contribution is -2.38. The van der Waals surface area contributed by atoms with Crippen LogP contribution in [0.3, 0.4) is 0 Å². The third-order valence-corrected chi connectivity index (χ3v) is 9.69. The molecule has 0 N–H and O–H groups in total. The third kappa shape index (κ3) is 5.61. The van der Waals surface area contributed by atoms with E-state index in [4.69, 9.17) is 24.4 Å². The Labute approximate surface area is 261 Å². The normalized spacial score (nSPS) is 18.5. The number of carbonyl (C=O) groups is 1. The Bertz CT molecular complexity index is 1680. The molecule has 2 aromatic carbocycles. The van der Waals surface area contributed by atoms with Crippen molar-refractivity contribution in [2.75, 3.05) is 56.2 Å². The van der Waals surface area contributed by atoms with Gasteiger partial charge in [0.2, 0.25) is 5.95 Å². The minimum atomic E-state index is -0.246. The second kappa shape index (κ2) is 12.5. The molecular weight excluding hydrogens is 574 g/mol. The molecule has 1 unspecified atom stereocenters. The molecule has 3 aliphatic rings. The van der Waals surface area contributed by atoms with Gasteiger partial charge in [-0.1, -0.05) is 72.8 Å². The highest BCUT2D eigenvalue weighted by Crippen LogP contribution is 2.47. The van der Waals surface area contributed by atoms with Crippen LogP contribution in [0.4, 0.5) is 16.3 Å². The second-order valence-corrected chi connectivity index (χ2v) is 12.4. The molecule has 2 fully saturated rings. The van der Waals surface area contributed by atoms with Crippen LogP contribution in [0.25, 0.3) is 17.0 Å². The fourth-order valence-electron chi connectivity index (χ4n) is 6.06. The van der Waals surface area contributed by atoms with Crippen molar-refractivity contribution in [3.05, 3.63) is 77.6 Å². The molecule has 7 rings (SSSR count). The van der Waals surface area contributed by atoms with E-state index in [0.29, 0.717) is 38.9 Å². The molecule has 0 radical (unpaired) electrons. The van der Waals surface area contributed by atoms with Crippen LogP contribution in [0.15, 0.2) is 71.3 Å². The number of ether oxygens (including phenoxy) is 2. The molecular formula is C33H37N7O3S. The van der Waals surface area contributed by atoms with Gasteiger partial charge in [-0.15, -0.1) is 0 Å². The summed E-state index contributed by atoms with van der Waals surface area (Å²) in [5.41, 5.74) is 5.37. The van der Waals surface area contributed by atoms with Crippen molar-refractivity contribution in [1.82, 2.24) is 24.4 Å². The number of thioether (sulfide) groups is 1. The van der Waals surface area contributed by atoms with E-state index in [-0.39, 0.29) is 11.5 Å². The highest BCUT2D eigenvalue weighted by molar-refractivity contribution is 8.00. The maximum Gasteiger partial charge on any atom is 0.410 e. The topological polar surface area (TPSA) is 88.9 Å². The molecule has 0 bridgehead atoms. The SMILES string of the molecule is CCc1nc2ccccc2n1-c1nc2c(c(N3CCOCC3)n1)N(C)C(C=C1CCN(C(=O)OCc3ccccc3)CC1)S2. The quantitative estimate of drug-likeness (QED) is 0.209. The van der Waals surface area contributed by atoms with Crippen molar-refractivity contribution in [3.63, 3.8) is 0 Å². The fraction of sp³-hybridized carbons (Fsp3) is 0.394. The van der Waals surface area contributed by atoms with E-state index in [0.717, 1.165) is 71.3 Å². The van der Waals surface area contributed by atoms with Crippen molar-refractivity contribution >= 4 is 40.4 Å². The molecule has 44 heavy (non-hydrogen) atoms. The number of hydrogen-bond donors (Lipinski definition) is 0. The Morgan fingerprint density at radius 3 is 2.52 bits per heavy atom. The summed E-state index contributed by atoms with van der Waals surface area (Å²) in [7, 11) is 2.13. The van der Waals surface area contributed by atoms with Crippen LogP contribution < -0.4 is 9.80 Å². The Morgan fingerprint density at radius 2 is 1.75 bits per heavy atom. The predicted octanol–water partition coefficient (Wildman–Crippen LogP) is 5.44. The van der Waals surface area contributed by atoms with Crippen LogP contribution in [0.5, 0.6) is 0 Å². The van der Waals surface area contributed by atoms with Crippen LogP contribution in [0.2, 0.25) is 0 Å². The monoisotopic (exact) mass is 611 g/mol. The highest BCUT2D eigenvalue weighted by Gasteiger charge is 2.35. The van der Waals surface area contributed by atoms with Crippen LogP contribution in [-0.4, -0.2) is 82.3 Å². The molecule has 3 aliphatic heterocycles. The summed E-state index contributed by atoms with van der Waals surface area (Å²) in [6.45, 7) is 6.65. The number of aromatic nitrogens is 4. The Morgan fingerprint density at radius 1 is 1.00 bits per heavy atom. The number of likely N-dealkylation sites (tertiary alicyclic amines) is 1. The summed E-state index contributed by atoms with van der Waals surface area (Å²) in [5, 5.41) is 1.06. The predicted molar refractivity (Wildman–Crippen MR) is 173 cm³/mol. The van der Waals surface area contributed by atoms with Crippen molar-refractivity contribution < 1.29 is 14.3 Å². The van der Waals surface area contributed by atoms with Crippen LogP contribution in [-0.2, 0) is 22.5 Å². The number of fused-ring (bicyclic) bond motifs is 2. The molecule has 4 aromatic rings. The van der Waals surface area contributed by atoms with E-state index in [1.54, 1.807) is 11.8 Å². The zero-order valence-corrected chi connectivity index (χ0v) is 26.0. The van der Waals surface area contributed by atoms with Crippen LogP contribution in [0, 0.1) is 0 Å². The van der Waals surface area contributed by atoms with Gasteiger partial charge in [-0.2, -0.15) is 4.98 Å². The number of hydrogen-bond acceptors (Lipinski definition) is 9. The lowest BCUT2D eigenvalue weighted by molar-refractivity contribution is 0.0935. The van der Waals surface area contributed by atoms with Gasteiger partial charge in [-0.3, -0.25) is 4.57 Å². The molecule has 5 heterocycles. The van der Waals surface area contributed by atoms with Gasteiger partial charge in [-0.25, -0.2) is 14.8 Å². The molecule has 1 atom stereocenters. The number of imidazole rings is 1. The van der Waals surface area contributed by atoms with E-state index in [1.165, 1.54) is 5.57 Å². The summed E-state index contributed by atoms with van der Waals surface area (Å²) < 4.78 is 13.4. The second-order valence-electron chi connectivity index (χ2n) is 11.3. The number of anilines is 2. The van der Waals surface area contributed by atoms with Gasteiger partial charge in [0, 0.05) is 39.6 Å².